The molecular formula is C11H17NO3. The van der Waals surface area contributed by atoms with Crippen molar-refractivity contribution in [3.05, 3.63) is 22.8 Å². The van der Waals surface area contributed by atoms with Crippen molar-refractivity contribution >= 4 is 0 Å². The molecule has 2 N–H and O–H groups in total. The summed E-state index contributed by atoms with van der Waals surface area (Å²) < 4.78 is 10.6. The Morgan fingerprint density at radius 3 is 2.27 bits per heavy atom. The van der Waals surface area contributed by atoms with E-state index in [0.717, 1.165) is 28.2 Å². The van der Waals surface area contributed by atoms with E-state index in [1.54, 1.807) is 14.2 Å². The first-order valence-corrected chi connectivity index (χ1v) is 4.73. The van der Waals surface area contributed by atoms with Gasteiger partial charge in [-0.1, -0.05) is 6.07 Å². The number of rotatable bonds is 4. The lowest BCUT2D eigenvalue weighted by atomic mass is 10.0. The minimum atomic E-state index is 0.396. The first kappa shape index (κ1) is 11.8. The van der Waals surface area contributed by atoms with Crippen molar-refractivity contribution < 1.29 is 14.7 Å². The minimum absolute atomic E-state index is 0.396. The van der Waals surface area contributed by atoms with E-state index in [4.69, 9.17) is 14.7 Å². The Morgan fingerprint density at radius 1 is 1.20 bits per heavy atom. The molecule has 4 heteroatoms. The van der Waals surface area contributed by atoms with E-state index in [1.165, 1.54) is 0 Å². The van der Waals surface area contributed by atoms with Gasteiger partial charge < -0.3 is 14.7 Å². The van der Waals surface area contributed by atoms with E-state index in [0.29, 0.717) is 6.54 Å². The number of methoxy groups -OCH3 is 2. The van der Waals surface area contributed by atoms with Gasteiger partial charge in [-0.3, -0.25) is 0 Å². The summed E-state index contributed by atoms with van der Waals surface area (Å²) >= 11 is 0. The van der Waals surface area contributed by atoms with E-state index >= 15 is 0 Å². The number of hydroxylamine groups is 1. The molecule has 0 heterocycles. The number of hydrogen-bond donors (Lipinski definition) is 2. The molecule has 1 rings (SSSR count). The molecule has 0 aromatic heterocycles. The molecular weight excluding hydrogens is 194 g/mol. The van der Waals surface area contributed by atoms with Crippen molar-refractivity contribution in [1.82, 2.24) is 5.48 Å². The molecule has 1 aromatic carbocycles. The zero-order chi connectivity index (χ0) is 11.4. The quantitative estimate of drug-likeness (QED) is 0.746. The van der Waals surface area contributed by atoms with Crippen LogP contribution in [-0.4, -0.2) is 19.4 Å². The summed E-state index contributed by atoms with van der Waals surface area (Å²) in [5.74, 6) is 1.47. The maximum absolute atomic E-state index is 8.70. The van der Waals surface area contributed by atoms with Gasteiger partial charge in [0.05, 0.1) is 14.2 Å². The molecule has 0 bridgehead atoms. The third-order valence-corrected chi connectivity index (χ3v) is 2.46. The minimum Gasteiger partial charge on any atom is -0.493 e. The van der Waals surface area contributed by atoms with Gasteiger partial charge in [0.1, 0.15) is 0 Å². The van der Waals surface area contributed by atoms with Gasteiger partial charge in [-0.05, 0) is 30.5 Å². The van der Waals surface area contributed by atoms with Crippen LogP contribution in [0.2, 0.25) is 0 Å². The zero-order valence-corrected chi connectivity index (χ0v) is 9.55. The SMILES string of the molecule is COc1c(C)cc(CNO)c(C)c1OC. The predicted octanol–water partition coefficient (Wildman–Crippen LogP) is 1.80. The fraction of sp³-hybridized carbons (Fsp3) is 0.455. The summed E-state index contributed by atoms with van der Waals surface area (Å²) in [6.45, 7) is 4.28. The second kappa shape index (κ2) is 5.00. The number of aryl methyl sites for hydroxylation is 1. The maximum Gasteiger partial charge on any atom is 0.164 e. The van der Waals surface area contributed by atoms with Crippen molar-refractivity contribution in [1.29, 1.82) is 0 Å². The lowest BCUT2D eigenvalue weighted by molar-refractivity contribution is 0.161. The van der Waals surface area contributed by atoms with Gasteiger partial charge in [0.2, 0.25) is 0 Å². The molecule has 0 unspecified atom stereocenters. The first-order chi connectivity index (χ1) is 7.15. The molecule has 0 radical (unpaired) electrons. The normalized spacial score (nSPS) is 10.2. The molecule has 0 fully saturated rings. The van der Waals surface area contributed by atoms with Crippen LogP contribution in [0.25, 0.3) is 0 Å². The molecule has 84 valence electrons. The molecule has 0 aliphatic heterocycles. The highest BCUT2D eigenvalue weighted by Gasteiger charge is 2.14. The molecule has 0 spiro atoms. The van der Waals surface area contributed by atoms with Crippen LogP contribution in [0.1, 0.15) is 16.7 Å². The third-order valence-electron chi connectivity index (χ3n) is 2.46. The summed E-state index contributed by atoms with van der Waals surface area (Å²) in [5, 5.41) is 8.70. The number of benzene rings is 1. The Labute approximate surface area is 89.8 Å². The van der Waals surface area contributed by atoms with Crippen LogP contribution >= 0.6 is 0 Å². The molecule has 1 aromatic rings. The Kier molecular flexibility index (Phi) is 3.94. The largest absolute Gasteiger partial charge is 0.493 e. The molecule has 0 amide bonds. The first-order valence-electron chi connectivity index (χ1n) is 4.73. The summed E-state index contributed by atoms with van der Waals surface area (Å²) in [4.78, 5) is 0. The number of hydrogen-bond acceptors (Lipinski definition) is 4. The van der Waals surface area contributed by atoms with E-state index in [2.05, 4.69) is 5.48 Å². The Balaban J connectivity index is 3.30. The van der Waals surface area contributed by atoms with Crippen LogP contribution in [0.3, 0.4) is 0 Å². The van der Waals surface area contributed by atoms with Gasteiger partial charge in [0.25, 0.3) is 0 Å². The monoisotopic (exact) mass is 211 g/mol. The average Bonchev–Trinajstić information content (AvgIpc) is 2.22. The standard InChI is InChI=1S/C11H17NO3/c1-7-5-9(6-12-13)8(2)11(15-4)10(7)14-3/h5,12-13H,6H2,1-4H3. The molecule has 0 saturated carbocycles. The van der Waals surface area contributed by atoms with Crippen LogP contribution in [-0.2, 0) is 6.54 Å². The fourth-order valence-electron chi connectivity index (χ4n) is 1.70. The lowest BCUT2D eigenvalue weighted by Gasteiger charge is -2.16. The van der Waals surface area contributed by atoms with Crippen molar-refractivity contribution in [3.63, 3.8) is 0 Å². The molecule has 0 atom stereocenters. The molecule has 0 aliphatic carbocycles. The second-order valence-corrected chi connectivity index (χ2v) is 3.38. The molecule has 0 aliphatic rings. The molecule has 4 nitrogen and oxygen atoms in total. The van der Waals surface area contributed by atoms with Crippen molar-refractivity contribution in [2.45, 2.75) is 20.4 Å². The topological polar surface area (TPSA) is 50.7 Å². The van der Waals surface area contributed by atoms with Crippen molar-refractivity contribution in [2.75, 3.05) is 14.2 Å². The van der Waals surface area contributed by atoms with Crippen molar-refractivity contribution in [2.24, 2.45) is 0 Å². The van der Waals surface area contributed by atoms with Crippen LogP contribution in [0.4, 0.5) is 0 Å². The predicted molar refractivity (Wildman–Crippen MR) is 57.6 cm³/mol. The maximum atomic E-state index is 8.70. The van der Waals surface area contributed by atoms with Crippen LogP contribution < -0.4 is 15.0 Å². The molecule has 15 heavy (non-hydrogen) atoms. The summed E-state index contributed by atoms with van der Waals surface area (Å²) in [6, 6.07) is 1.97. The summed E-state index contributed by atoms with van der Waals surface area (Å²) in [6.07, 6.45) is 0. The summed E-state index contributed by atoms with van der Waals surface area (Å²) in [5.41, 5.74) is 5.10. The fourth-order valence-corrected chi connectivity index (χ4v) is 1.70. The Morgan fingerprint density at radius 2 is 1.80 bits per heavy atom. The van der Waals surface area contributed by atoms with Gasteiger partial charge >= 0.3 is 0 Å². The number of ether oxygens (including phenoxy) is 2. The van der Waals surface area contributed by atoms with Crippen molar-refractivity contribution in [3.8, 4) is 11.5 Å². The van der Waals surface area contributed by atoms with E-state index in [-0.39, 0.29) is 0 Å². The third kappa shape index (κ3) is 2.22. The average molecular weight is 211 g/mol. The highest BCUT2D eigenvalue weighted by Crippen LogP contribution is 2.36. The Bertz CT molecular complexity index is 350. The highest BCUT2D eigenvalue weighted by molar-refractivity contribution is 5.54. The lowest BCUT2D eigenvalue weighted by Crippen LogP contribution is -2.09. The van der Waals surface area contributed by atoms with E-state index < -0.39 is 0 Å². The highest BCUT2D eigenvalue weighted by atomic mass is 16.5. The van der Waals surface area contributed by atoms with E-state index in [9.17, 15) is 0 Å². The van der Waals surface area contributed by atoms with Gasteiger partial charge in [-0.2, -0.15) is 0 Å². The smallest absolute Gasteiger partial charge is 0.164 e. The van der Waals surface area contributed by atoms with Gasteiger partial charge in [0.15, 0.2) is 11.5 Å². The Hall–Kier alpha value is -1.26. The van der Waals surface area contributed by atoms with Gasteiger partial charge in [-0.25, -0.2) is 5.48 Å². The second-order valence-electron chi connectivity index (χ2n) is 3.38. The molecule has 0 saturated heterocycles. The van der Waals surface area contributed by atoms with Crippen LogP contribution in [0, 0.1) is 13.8 Å². The van der Waals surface area contributed by atoms with E-state index in [1.807, 2.05) is 19.9 Å². The van der Waals surface area contributed by atoms with Gasteiger partial charge in [0, 0.05) is 6.54 Å². The number of nitrogens with one attached hydrogen (secondary N) is 1. The van der Waals surface area contributed by atoms with Crippen LogP contribution in [0.5, 0.6) is 11.5 Å². The van der Waals surface area contributed by atoms with Gasteiger partial charge in [-0.15, -0.1) is 0 Å². The zero-order valence-electron chi connectivity index (χ0n) is 9.55. The summed E-state index contributed by atoms with van der Waals surface area (Å²) in [7, 11) is 3.23. The van der Waals surface area contributed by atoms with Crippen LogP contribution in [0.15, 0.2) is 6.07 Å².